The van der Waals surface area contributed by atoms with Crippen LogP contribution in [0.4, 0.5) is 0 Å². The van der Waals surface area contributed by atoms with Gasteiger partial charge in [-0.25, -0.2) is 0 Å². The number of hydrogen-bond acceptors (Lipinski definition) is 4. The Bertz CT molecular complexity index is 333. The van der Waals surface area contributed by atoms with E-state index in [0.29, 0.717) is 0 Å². The van der Waals surface area contributed by atoms with Crippen LogP contribution in [0.25, 0.3) is 0 Å². The molecule has 14 heavy (non-hydrogen) atoms. The van der Waals surface area contributed by atoms with E-state index in [1.165, 1.54) is 23.2 Å². The molecule has 0 saturated carbocycles. The molecule has 76 valence electrons. The van der Waals surface area contributed by atoms with Crippen molar-refractivity contribution in [1.82, 2.24) is 0 Å². The maximum absolute atomic E-state index is 10.4. The van der Waals surface area contributed by atoms with Gasteiger partial charge < -0.3 is 0 Å². The molecular formula is C7H7IN2O4. The summed E-state index contributed by atoms with van der Waals surface area (Å²) in [5.74, 6) is 0. The molecule has 0 atom stereocenters. The summed E-state index contributed by atoms with van der Waals surface area (Å²) in [6, 6.07) is 0. The standard InChI is InChI=1S/C7H7IN2O4/c1-2-6(9(11)12)5-7(3-4-8)10(13)14/h2-5H,1H3/b4-3+,6-2+,7-5+. The summed E-state index contributed by atoms with van der Waals surface area (Å²) in [6.07, 6.45) is 3.30. The van der Waals surface area contributed by atoms with Crippen molar-refractivity contribution in [2.24, 2.45) is 0 Å². The van der Waals surface area contributed by atoms with Crippen LogP contribution in [0.15, 0.2) is 33.7 Å². The van der Waals surface area contributed by atoms with Crippen molar-refractivity contribution in [3.05, 3.63) is 53.9 Å². The highest BCUT2D eigenvalue weighted by molar-refractivity contribution is 14.1. The highest BCUT2D eigenvalue weighted by Gasteiger charge is 2.13. The predicted octanol–water partition coefficient (Wildman–Crippen LogP) is 2.28. The van der Waals surface area contributed by atoms with E-state index in [1.54, 1.807) is 22.6 Å². The number of nitro groups is 2. The second-order valence-electron chi connectivity index (χ2n) is 2.09. The van der Waals surface area contributed by atoms with Crippen molar-refractivity contribution in [2.75, 3.05) is 0 Å². The Hall–Kier alpha value is -1.25. The predicted molar refractivity (Wildman–Crippen MR) is 59.0 cm³/mol. The quantitative estimate of drug-likeness (QED) is 0.345. The Labute approximate surface area is 93.4 Å². The van der Waals surface area contributed by atoms with E-state index >= 15 is 0 Å². The van der Waals surface area contributed by atoms with E-state index in [4.69, 9.17) is 0 Å². The first-order valence-electron chi connectivity index (χ1n) is 3.46. The van der Waals surface area contributed by atoms with Crippen LogP contribution in [0.1, 0.15) is 6.92 Å². The molecule has 0 aliphatic rings. The van der Waals surface area contributed by atoms with Gasteiger partial charge in [0, 0.05) is 6.08 Å². The minimum absolute atomic E-state index is 0.300. The SMILES string of the molecule is C\C=C(/C=C(\C=C\I)[N+](=O)[O-])[N+](=O)[O-]. The molecule has 7 heteroatoms. The summed E-state index contributed by atoms with van der Waals surface area (Å²) in [5.41, 5.74) is -0.615. The van der Waals surface area contributed by atoms with Crippen LogP contribution in [-0.2, 0) is 0 Å². The van der Waals surface area contributed by atoms with Crippen LogP contribution < -0.4 is 0 Å². The van der Waals surface area contributed by atoms with Crippen LogP contribution in [0, 0.1) is 20.2 Å². The van der Waals surface area contributed by atoms with E-state index in [-0.39, 0.29) is 11.4 Å². The summed E-state index contributed by atoms with van der Waals surface area (Å²) in [6.45, 7) is 1.44. The lowest BCUT2D eigenvalue weighted by Crippen LogP contribution is -2.00. The van der Waals surface area contributed by atoms with Crippen LogP contribution in [0.5, 0.6) is 0 Å². The number of hydrogen-bond donors (Lipinski definition) is 0. The summed E-state index contributed by atoms with van der Waals surface area (Å²) < 4.78 is 1.42. The lowest BCUT2D eigenvalue weighted by molar-refractivity contribution is -0.430. The van der Waals surface area contributed by atoms with Gasteiger partial charge in [0.05, 0.1) is 15.9 Å². The zero-order valence-corrected chi connectivity index (χ0v) is 9.37. The number of halogens is 1. The van der Waals surface area contributed by atoms with Gasteiger partial charge in [-0.3, -0.25) is 20.2 Å². The Morgan fingerprint density at radius 3 is 2.00 bits per heavy atom. The fourth-order valence-electron chi connectivity index (χ4n) is 0.619. The first-order chi connectivity index (χ1) is 6.52. The average molecular weight is 310 g/mol. The molecule has 6 nitrogen and oxygen atoms in total. The largest absolute Gasteiger partial charge is 0.276 e. The molecule has 0 bridgehead atoms. The van der Waals surface area contributed by atoms with Crippen molar-refractivity contribution < 1.29 is 9.85 Å². The second kappa shape index (κ2) is 6.24. The fourth-order valence-corrected chi connectivity index (χ4v) is 0.988. The third-order valence-corrected chi connectivity index (χ3v) is 1.61. The van der Waals surface area contributed by atoms with Gasteiger partial charge in [0.25, 0.3) is 11.4 Å². The summed E-state index contributed by atoms with van der Waals surface area (Å²) in [4.78, 5) is 19.4. The molecule has 0 amide bonds. The summed E-state index contributed by atoms with van der Waals surface area (Å²) in [7, 11) is 0. The third-order valence-electron chi connectivity index (χ3n) is 1.25. The van der Waals surface area contributed by atoms with Gasteiger partial charge in [0.2, 0.25) is 0 Å². The zero-order valence-electron chi connectivity index (χ0n) is 7.21. The van der Waals surface area contributed by atoms with Crippen LogP contribution in [0.2, 0.25) is 0 Å². The lowest BCUT2D eigenvalue weighted by Gasteiger charge is -1.90. The van der Waals surface area contributed by atoms with E-state index < -0.39 is 9.85 Å². The van der Waals surface area contributed by atoms with Gasteiger partial charge in [-0.1, -0.05) is 22.6 Å². The molecule has 0 aliphatic heterocycles. The van der Waals surface area contributed by atoms with Crippen molar-refractivity contribution in [3.63, 3.8) is 0 Å². The molecule has 0 radical (unpaired) electrons. The maximum atomic E-state index is 10.4. The van der Waals surface area contributed by atoms with E-state index in [9.17, 15) is 20.2 Å². The summed E-state index contributed by atoms with van der Waals surface area (Å²) >= 11 is 1.80. The molecule has 0 N–H and O–H groups in total. The van der Waals surface area contributed by atoms with Crippen LogP contribution >= 0.6 is 22.6 Å². The molecule has 0 rings (SSSR count). The molecule has 0 aromatic carbocycles. The highest BCUT2D eigenvalue weighted by atomic mass is 127. The first-order valence-corrected chi connectivity index (χ1v) is 4.71. The van der Waals surface area contributed by atoms with Gasteiger partial charge in [-0.15, -0.1) is 0 Å². The second-order valence-corrected chi connectivity index (χ2v) is 2.81. The van der Waals surface area contributed by atoms with E-state index in [0.717, 1.165) is 6.08 Å². The maximum Gasteiger partial charge on any atom is 0.276 e. The zero-order chi connectivity index (χ0) is 11.1. The van der Waals surface area contributed by atoms with Crippen molar-refractivity contribution in [1.29, 1.82) is 0 Å². The number of nitrogens with zero attached hydrogens (tertiary/aromatic N) is 2. The Morgan fingerprint density at radius 2 is 1.71 bits per heavy atom. The molecule has 0 aromatic rings. The fraction of sp³-hybridized carbons (Fsp3) is 0.143. The van der Waals surface area contributed by atoms with Gasteiger partial charge in [0.1, 0.15) is 0 Å². The Kier molecular flexibility index (Phi) is 5.68. The number of allylic oxidation sites excluding steroid dienone is 3. The smallest absolute Gasteiger partial charge is 0.258 e. The monoisotopic (exact) mass is 310 g/mol. The van der Waals surface area contributed by atoms with Crippen molar-refractivity contribution in [2.45, 2.75) is 6.92 Å². The molecule has 0 unspecified atom stereocenters. The molecule has 0 aliphatic carbocycles. The molecule has 0 spiro atoms. The highest BCUT2D eigenvalue weighted by Crippen LogP contribution is 2.07. The molecule has 0 heterocycles. The average Bonchev–Trinajstić information content (AvgIpc) is 2.11. The lowest BCUT2D eigenvalue weighted by atomic mass is 10.3. The molecule has 0 fully saturated rings. The Morgan fingerprint density at radius 1 is 1.21 bits per heavy atom. The van der Waals surface area contributed by atoms with Crippen molar-refractivity contribution >= 4 is 22.6 Å². The Balaban J connectivity index is 5.09. The minimum Gasteiger partial charge on any atom is -0.258 e. The van der Waals surface area contributed by atoms with Crippen molar-refractivity contribution in [3.8, 4) is 0 Å². The molecular weight excluding hydrogens is 303 g/mol. The summed E-state index contributed by atoms with van der Waals surface area (Å²) in [5, 5.41) is 20.7. The molecule has 0 saturated heterocycles. The van der Waals surface area contributed by atoms with Crippen LogP contribution in [0.3, 0.4) is 0 Å². The number of rotatable bonds is 4. The van der Waals surface area contributed by atoms with Gasteiger partial charge in [-0.2, -0.15) is 0 Å². The first kappa shape index (κ1) is 12.8. The van der Waals surface area contributed by atoms with Gasteiger partial charge in [-0.05, 0) is 17.1 Å². The van der Waals surface area contributed by atoms with Gasteiger partial charge in [0.15, 0.2) is 0 Å². The normalized spacial score (nSPS) is 13.3. The van der Waals surface area contributed by atoms with Crippen LogP contribution in [-0.4, -0.2) is 9.85 Å². The molecule has 0 aromatic heterocycles. The van der Waals surface area contributed by atoms with Gasteiger partial charge >= 0.3 is 0 Å². The minimum atomic E-state index is -0.678. The third kappa shape index (κ3) is 4.12. The van der Waals surface area contributed by atoms with E-state index in [2.05, 4.69) is 0 Å². The topological polar surface area (TPSA) is 86.3 Å². The van der Waals surface area contributed by atoms with E-state index in [1.807, 2.05) is 0 Å².